The van der Waals surface area contributed by atoms with Crippen molar-refractivity contribution in [1.29, 1.82) is 0 Å². The van der Waals surface area contributed by atoms with Crippen LogP contribution in [0.25, 0.3) is 0 Å². The van der Waals surface area contributed by atoms with E-state index < -0.39 is 0 Å². The molecule has 0 amide bonds. The van der Waals surface area contributed by atoms with Gasteiger partial charge in [0.15, 0.2) is 0 Å². The van der Waals surface area contributed by atoms with Crippen molar-refractivity contribution in [3.8, 4) is 0 Å². The molecule has 84 valence electrons. The first kappa shape index (κ1) is 12.2. The zero-order valence-electron chi connectivity index (χ0n) is 9.42. The van der Waals surface area contributed by atoms with E-state index in [0.717, 1.165) is 30.0 Å². The number of nitrogen functional groups attached to an aromatic ring is 1. The van der Waals surface area contributed by atoms with Gasteiger partial charge in [-0.1, -0.05) is 0 Å². The molecule has 3 nitrogen and oxygen atoms in total. The number of anilines is 2. The fourth-order valence-corrected chi connectivity index (χ4v) is 1.81. The maximum atomic E-state index is 5.83. The van der Waals surface area contributed by atoms with Gasteiger partial charge in [-0.2, -0.15) is 11.8 Å². The van der Waals surface area contributed by atoms with Crippen molar-refractivity contribution in [2.75, 3.05) is 29.6 Å². The van der Waals surface area contributed by atoms with Crippen LogP contribution in [-0.4, -0.2) is 23.5 Å². The van der Waals surface area contributed by atoms with E-state index >= 15 is 0 Å². The topological polar surface area (TPSA) is 50.9 Å². The molecular formula is C11H19N3S. The van der Waals surface area contributed by atoms with Crippen molar-refractivity contribution >= 4 is 23.3 Å². The number of nitrogens with one attached hydrogen (secondary N) is 1. The summed E-state index contributed by atoms with van der Waals surface area (Å²) in [6.07, 6.45) is 6.36. The lowest BCUT2D eigenvalue weighted by atomic mass is 10.3. The third kappa shape index (κ3) is 4.42. The van der Waals surface area contributed by atoms with Gasteiger partial charge in [0, 0.05) is 12.7 Å². The van der Waals surface area contributed by atoms with Crippen LogP contribution < -0.4 is 11.1 Å². The molecule has 1 aromatic heterocycles. The van der Waals surface area contributed by atoms with Gasteiger partial charge in [-0.3, -0.25) is 0 Å². The Labute approximate surface area is 95.9 Å². The minimum atomic E-state index is 0.736. The molecule has 1 rings (SSSR count). The fraction of sp³-hybridized carbons (Fsp3) is 0.545. The standard InChI is InChI=1S/C11H19N3S/c1-9-7-10(12)11(14-8-9)13-5-3-4-6-15-2/h7-8H,3-6,12H2,1-2H3,(H,13,14). The van der Waals surface area contributed by atoms with E-state index in [0.29, 0.717) is 0 Å². The van der Waals surface area contributed by atoms with Gasteiger partial charge < -0.3 is 11.1 Å². The van der Waals surface area contributed by atoms with Crippen LogP contribution in [0.4, 0.5) is 11.5 Å². The van der Waals surface area contributed by atoms with Crippen molar-refractivity contribution in [2.24, 2.45) is 0 Å². The molecule has 4 heteroatoms. The SMILES string of the molecule is CSCCCCNc1ncc(C)cc1N. The highest BCUT2D eigenvalue weighted by Gasteiger charge is 1.99. The molecule has 0 saturated carbocycles. The predicted molar refractivity (Wildman–Crippen MR) is 69.5 cm³/mol. The first-order valence-electron chi connectivity index (χ1n) is 5.19. The molecule has 0 unspecified atom stereocenters. The Bertz CT molecular complexity index is 302. The Hall–Kier alpha value is -0.900. The number of aromatic nitrogens is 1. The summed E-state index contributed by atoms with van der Waals surface area (Å²) in [5, 5.41) is 3.25. The number of nitrogens with two attached hydrogens (primary N) is 1. The molecular weight excluding hydrogens is 206 g/mol. The fourth-order valence-electron chi connectivity index (χ4n) is 1.32. The minimum absolute atomic E-state index is 0.736. The van der Waals surface area contributed by atoms with Gasteiger partial charge in [0.2, 0.25) is 0 Å². The van der Waals surface area contributed by atoms with Crippen molar-refractivity contribution < 1.29 is 0 Å². The molecule has 0 aromatic carbocycles. The molecule has 0 radical (unpaired) electrons. The van der Waals surface area contributed by atoms with Gasteiger partial charge in [-0.25, -0.2) is 4.98 Å². The maximum Gasteiger partial charge on any atom is 0.149 e. The van der Waals surface area contributed by atoms with Crippen LogP contribution in [0.2, 0.25) is 0 Å². The van der Waals surface area contributed by atoms with Crippen LogP contribution in [0.5, 0.6) is 0 Å². The van der Waals surface area contributed by atoms with Crippen molar-refractivity contribution in [3.05, 3.63) is 17.8 Å². The van der Waals surface area contributed by atoms with Gasteiger partial charge in [0.05, 0.1) is 5.69 Å². The van der Waals surface area contributed by atoms with E-state index in [-0.39, 0.29) is 0 Å². The number of rotatable bonds is 6. The van der Waals surface area contributed by atoms with Crippen molar-refractivity contribution in [1.82, 2.24) is 4.98 Å². The lowest BCUT2D eigenvalue weighted by Crippen LogP contribution is -2.06. The van der Waals surface area contributed by atoms with Crippen LogP contribution in [-0.2, 0) is 0 Å². The van der Waals surface area contributed by atoms with Gasteiger partial charge in [0.25, 0.3) is 0 Å². The summed E-state index contributed by atoms with van der Waals surface area (Å²) in [4.78, 5) is 4.25. The second kappa shape index (κ2) is 6.56. The normalized spacial score (nSPS) is 10.3. The number of hydrogen-bond donors (Lipinski definition) is 2. The quantitative estimate of drug-likeness (QED) is 0.730. The number of nitrogens with zero attached hydrogens (tertiary/aromatic N) is 1. The summed E-state index contributed by atoms with van der Waals surface area (Å²) >= 11 is 1.88. The number of unbranched alkanes of at least 4 members (excludes halogenated alkanes) is 1. The number of pyridine rings is 1. The molecule has 0 aliphatic carbocycles. The van der Waals surface area contributed by atoms with Gasteiger partial charge in [-0.05, 0) is 43.4 Å². The highest BCUT2D eigenvalue weighted by molar-refractivity contribution is 7.98. The van der Waals surface area contributed by atoms with Gasteiger partial charge in [-0.15, -0.1) is 0 Å². The second-order valence-corrected chi connectivity index (χ2v) is 4.56. The van der Waals surface area contributed by atoms with Crippen molar-refractivity contribution in [2.45, 2.75) is 19.8 Å². The zero-order valence-corrected chi connectivity index (χ0v) is 10.2. The predicted octanol–water partition coefficient (Wildman–Crippen LogP) is 2.53. The number of thioether (sulfide) groups is 1. The monoisotopic (exact) mass is 225 g/mol. The van der Waals surface area contributed by atoms with E-state index in [9.17, 15) is 0 Å². The largest absolute Gasteiger partial charge is 0.396 e. The number of aryl methyl sites for hydroxylation is 1. The lowest BCUT2D eigenvalue weighted by molar-refractivity contribution is 0.840. The third-order valence-electron chi connectivity index (χ3n) is 2.12. The van der Waals surface area contributed by atoms with Crippen LogP contribution in [0.3, 0.4) is 0 Å². The highest BCUT2D eigenvalue weighted by Crippen LogP contribution is 2.15. The molecule has 0 saturated heterocycles. The lowest BCUT2D eigenvalue weighted by Gasteiger charge is -2.08. The highest BCUT2D eigenvalue weighted by atomic mass is 32.2. The van der Waals surface area contributed by atoms with E-state index in [2.05, 4.69) is 16.6 Å². The van der Waals surface area contributed by atoms with Gasteiger partial charge >= 0.3 is 0 Å². The summed E-state index contributed by atoms with van der Waals surface area (Å²) in [6, 6.07) is 1.94. The average Bonchev–Trinajstić information content (AvgIpc) is 2.20. The first-order valence-corrected chi connectivity index (χ1v) is 6.58. The summed E-state index contributed by atoms with van der Waals surface area (Å²) < 4.78 is 0. The molecule has 0 atom stereocenters. The van der Waals surface area contributed by atoms with Crippen LogP contribution in [0, 0.1) is 6.92 Å². The summed E-state index contributed by atoms with van der Waals surface area (Å²) in [7, 11) is 0. The molecule has 15 heavy (non-hydrogen) atoms. The first-order chi connectivity index (χ1) is 7.24. The molecule has 0 fully saturated rings. The average molecular weight is 225 g/mol. The Morgan fingerprint density at radius 2 is 2.27 bits per heavy atom. The molecule has 1 aromatic rings. The Morgan fingerprint density at radius 3 is 2.93 bits per heavy atom. The summed E-state index contributed by atoms with van der Waals surface area (Å²) in [5.41, 5.74) is 7.67. The molecule has 3 N–H and O–H groups in total. The summed E-state index contributed by atoms with van der Waals surface area (Å²) in [6.45, 7) is 2.94. The molecule has 0 aliphatic rings. The van der Waals surface area contributed by atoms with Gasteiger partial charge in [0.1, 0.15) is 5.82 Å². The van der Waals surface area contributed by atoms with Crippen LogP contribution >= 0.6 is 11.8 Å². The third-order valence-corrected chi connectivity index (χ3v) is 2.82. The minimum Gasteiger partial charge on any atom is -0.396 e. The van der Waals surface area contributed by atoms with E-state index in [1.54, 1.807) is 0 Å². The molecule has 0 aliphatic heterocycles. The smallest absolute Gasteiger partial charge is 0.149 e. The van der Waals surface area contributed by atoms with E-state index in [1.165, 1.54) is 12.2 Å². The molecule has 1 heterocycles. The van der Waals surface area contributed by atoms with Crippen LogP contribution in [0.1, 0.15) is 18.4 Å². The Balaban J connectivity index is 2.31. The Morgan fingerprint density at radius 1 is 1.47 bits per heavy atom. The van der Waals surface area contributed by atoms with E-state index in [1.807, 2.05) is 30.9 Å². The molecule has 0 bridgehead atoms. The summed E-state index contributed by atoms with van der Waals surface area (Å²) in [5.74, 6) is 2.03. The van der Waals surface area contributed by atoms with Crippen molar-refractivity contribution in [3.63, 3.8) is 0 Å². The zero-order chi connectivity index (χ0) is 11.1. The second-order valence-electron chi connectivity index (χ2n) is 3.58. The van der Waals surface area contributed by atoms with E-state index in [4.69, 9.17) is 5.73 Å². The molecule has 0 spiro atoms. The Kier molecular flexibility index (Phi) is 5.32. The number of hydrogen-bond acceptors (Lipinski definition) is 4. The van der Waals surface area contributed by atoms with Crippen LogP contribution in [0.15, 0.2) is 12.3 Å². The maximum absolute atomic E-state index is 5.83.